The van der Waals surface area contributed by atoms with E-state index in [2.05, 4.69) is 14.7 Å². The van der Waals surface area contributed by atoms with E-state index in [1.165, 1.54) is 27.0 Å². The van der Waals surface area contributed by atoms with Crippen molar-refractivity contribution in [3.05, 3.63) is 52.9 Å². The zero-order chi connectivity index (χ0) is 28.1. The molecule has 1 unspecified atom stereocenters. The molecule has 0 bridgehead atoms. The standard InChI is InChI=1S/C26H25F3N4O4S3/c27-26(28,29)25(34)37-18-8-9-32(14-18)15-19-12-30-24(39-19)20-11-17-3-1-4-21(23(17)31-20)33(13-16-6-7-16)40(35,36)22-5-2-10-38-22/h1-5,10-12,16,18,31H,6-9,13-15H2. The van der Waals surface area contributed by atoms with Crippen LogP contribution in [0, 0.1) is 5.92 Å². The van der Waals surface area contributed by atoms with Gasteiger partial charge in [-0.05, 0) is 48.8 Å². The highest BCUT2D eigenvalue weighted by Gasteiger charge is 2.43. The Morgan fingerprint density at radius 1 is 1.20 bits per heavy atom. The number of hydrogen-bond donors (Lipinski definition) is 1. The third-order valence-electron chi connectivity index (χ3n) is 6.96. The van der Waals surface area contributed by atoms with E-state index in [-0.39, 0.29) is 6.54 Å². The first-order valence-electron chi connectivity index (χ1n) is 12.7. The highest BCUT2D eigenvalue weighted by Crippen LogP contribution is 2.39. The number of alkyl halides is 3. The van der Waals surface area contributed by atoms with Gasteiger partial charge >= 0.3 is 12.1 Å². The molecule has 1 aliphatic heterocycles. The Bertz CT molecular complexity index is 1630. The Labute approximate surface area is 236 Å². The molecule has 1 atom stereocenters. The quantitative estimate of drug-likeness (QED) is 0.247. The number of sulfonamides is 1. The Hall–Kier alpha value is -2.94. The van der Waals surface area contributed by atoms with Crippen molar-refractivity contribution < 1.29 is 31.1 Å². The number of carbonyl (C=O) groups is 1. The number of rotatable bonds is 9. The summed E-state index contributed by atoms with van der Waals surface area (Å²) in [6.07, 6.45) is -1.72. The van der Waals surface area contributed by atoms with Crippen molar-refractivity contribution >= 4 is 55.3 Å². The number of esters is 1. The third kappa shape index (κ3) is 5.62. The van der Waals surface area contributed by atoms with Crippen molar-refractivity contribution in [1.82, 2.24) is 14.9 Å². The van der Waals surface area contributed by atoms with Crippen LogP contribution in [-0.4, -0.2) is 61.2 Å². The van der Waals surface area contributed by atoms with Crippen LogP contribution in [0.2, 0.25) is 0 Å². The summed E-state index contributed by atoms with van der Waals surface area (Å²) >= 11 is 2.64. The molecule has 1 saturated heterocycles. The zero-order valence-electron chi connectivity index (χ0n) is 21.1. The predicted octanol–water partition coefficient (Wildman–Crippen LogP) is 5.64. The Morgan fingerprint density at radius 2 is 2.02 bits per heavy atom. The molecule has 0 amide bonds. The smallest absolute Gasteiger partial charge is 0.454 e. The van der Waals surface area contributed by atoms with Crippen LogP contribution < -0.4 is 4.31 Å². The van der Waals surface area contributed by atoms with Gasteiger partial charge in [-0.2, -0.15) is 13.2 Å². The minimum absolute atomic E-state index is 0.223. The number of thiazole rings is 1. The van der Waals surface area contributed by atoms with Crippen LogP contribution in [-0.2, 0) is 26.1 Å². The minimum atomic E-state index is -5.00. The number of likely N-dealkylation sites (tertiary alicyclic amines) is 1. The number of ether oxygens (including phenoxy) is 1. The van der Waals surface area contributed by atoms with E-state index in [0.717, 1.165) is 28.8 Å². The van der Waals surface area contributed by atoms with E-state index in [0.29, 0.717) is 52.4 Å². The Morgan fingerprint density at radius 3 is 2.75 bits per heavy atom. The van der Waals surface area contributed by atoms with E-state index < -0.39 is 28.3 Å². The van der Waals surface area contributed by atoms with Gasteiger partial charge in [-0.15, -0.1) is 22.7 Å². The molecule has 6 rings (SSSR count). The number of carbonyl (C=O) groups excluding carboxylic acids is 1. The average molecular weight is 611 g/mol. The number of anilines is 1. The van der Waals surface area contributed by atoms with Gasteiger partial charge in [0.25, 0.3) is 10.0 Å². The molecule has 1 N–H and O–H groups in total. The van der Waals surface area contributed by atoms with Gasteiger partial charge in [-0.25, -0.2) is 18.2 Å². The summed E-state index contributed by atoms with van der Waals surface area (Å²) in [6.45, 7) is 1.62. The number of para-hydroxylation sites is 1. The number of halogens is 3. The van der Waals surface area contributed by atoms with Gasteiger partial charge in [-0.3, -0.25) is 9.21 Å². The molecule has 1 aliphatic carbocycles. The summed E-state index contributed by atoms with van der Waals surface area (Å²) in [4.78, 5) is 21.9. The molecular formula is C26H25F3N4O4S3. The number of aromatic amines is 1. The number of nitrogens with one attached hydrogen (secondary N) is 1. The van der Waals surface area contributed by atoms with E-state index in [1.807, 2.05) is 29.2 Å². The van der Waals surface area contributed by atoms with E-state index in [9.17, 15) is 26.4 Å². The van der Waals surface area contributed by atoms with Crippen LogP contribution in [0.3, 0.4) is 0 Å². The molecule has 1 saturated carbocycles. The molecule has 2 fully saturated rings. The van der Waals surface area contributed by atoms with E-state index in [4.69, 9.17) is 0 Å². The lowest BCUT2D eigenvalue weighted by atomic mass is 10.2. The second-order valence-corrected chi connectivity index (χ2v) is 14.2. The van der Waals surface area contributed by atoms with Gasteiger partial charge in [-0.1, -0.05) is 18.2 Å². The molecule has 1 aromatic carbocycles. The first-order valence-corrected chi connectivity index (χ1v) is 15.8. The van der Waals surface area contributed by atoms with Gasteiger partial charge in [0.1, 0.15) is 15.3 Å². The molecule has 14 heteroatoms. The monoisotopic (exact) mass is 610 g/mol. The van der Waals surface area contributed by atoms with E-state index >= 15 is 0 Å². The van der Waals surface area contributed by atoms with Crippen LogP contribution in [0.5, 0.6) is 0 Å². The maximum absolute atomic E-state index is 13.6. The molecule has 8 nitrogen and oxygen atoms in total. The largest absolute Gasteiger partial charge is 0.490 e. The molecular weight excluding hydrogens is 586 g/mol. The molecule has 4 aromatic rings. The summed E-state index contributed by atoms with van der Waals surface area (Å²) in [6, 6.07) is 10.9. The summed E-state index contributed by atoms with van der Waals surface area (Å²) in [5, 5.41) is 3.33. The first kappa shape index (κ1) is 27.2. The highest BCUT2D eigenvalue weighted by molar-refractivity contribution is 7.94. The fourth-order valence-corrected chi connectivity index (χ4v) is 8.41. The molecule has 4 heterocycles. The van der Waals surface area contributed by atoms with Crippen LogP contribution >= 0.6 is 22.7 Å². The van der Waals surface area contributed by atoms with Crippen molar-refractivity contribution in [3.8, 4) is 10.7 Å². The zero-order valence-corrected chi connectivity index (χ0v) is 23.5. The first-order chi connectivity index (χ1) is 19.1. The average Bonchev–Trinajstić information content (AvgIpc) is 3.38. The van der Waals surface area contributed by atoms with E-state index in [1.54, 1.807) is 23.7 Å². The second kappa shape index (κ2) is 10.5. The molecule has 0 spiro atoms. The lowest BCUT2D eigenvalue weighted by Crippen LogP contribution is -2.32. The minimum Gasteiger partial charge on any atom is -0.454 e. The number of benzene rings is 1. The van der Waals surface area contributed by atoms with Crippen LogP contribution in [0.1, 0.15) is 24.1 Å². The Balaban J connectivity index is 1.21. The number of thiophene rings is 1. The molecule has 0 radical (unpaired) electrons. The number of nitrogens with zero attached hydrogens (tertiary/aromatic N) is 3. The van der Waals surface area contributed by atoms with Gasteiger partial charge in [0.2, 0.25) is 0 Å². The fourth-order valence-electron chi connectivity index (χ4n) is 4.82. The number of H-pyrrole nitrogens is 1. The van der Waals surface area contributed by atoms with Crippen molar-refractivity contribution in [3.63, 3.8) is 0 Å². The highest BCUT2D eigenvalue weighted by atomic mass is 32.2. The van der Waals surface area contributed by atoms with Crippen molar-refractivity contribution in [2.75, 3.05) is 23.9 Å². The number of hydrogen-bond acceptors (Lipinski definition) is 8. The van der Waals surface area contributed by atoms with Crippen molar-refractivity contribution in [2.24, 2.45) is 5.92 Å². The summed E-state index contributed by atoms with van der Waals surface area (Å²) in [5.74, 6) is -1.82. The number of fused-ring (bicyclic) bond motifs is 1. The molecule has 40 heavy (non-hydrogen) atoms. The van der Waals surface area contributed by atoms with Crippen LogP contribution in [0.15, 0.2) is 52.2 Å². The normalized spacial score (nSPS) is 18.4. The van der Waals surface area contributed by atoms with Crippen LogP contribution in [0.4, 0.5) is 18.9 Å². The molecule has 3 aromatic heterocycles. The van der Waals surface area contributed by atoms with Crippen LogP contribution in [0.25, 0.3) is 21.6 Å². The maximum atomic E-state index is 13.6. The summed E-state index contributed by atoms with van der Waals surface area (Å²) in [5.41, 5.74) is 2.05. The van der Waals surface area contributed by atoms with Gasteiger partial charge < -0.3 is 9.72 Å². The predicted molar refractivity (Wildman–Crippen MR) is 147 cm³/mol. The lowest BCUT2D eigenvalue weighted by Gasteiger charge is -2.24. The summed E-state index contributed by atoms with van der Waals surface area (Å²) in [7, 11) is -3.72. The topological polar surface area (TPSA) is 95.6 Å². The fraction of sp³-hybridized carbons (Fsp3) is 0.385. The van der Waals surface area contributed by atoms with Gasteiger partial charge in [0.15, 0.2) is 0 Å². The second-order valence-electron chi connectivity index (χ2n) is 10.0. The summed E-state index contributed by atoms with van der Waals surface area (Å²) < 4.78 is 71.1. The molecule has 2 aliphatic rings. The maximum Gasteiger partial charge on any atom is 0.490 e. The SMILES string of the molecule is O=C(OC1CCN(Cc2cnc(-c3cc4cccc(N(CC5CC5)S(=O)(=O)c5cccs5)c4[nH]3)s2)C1)C(F)(F)F. The Kier molecular flexibility index (Phi) is 7.13. The van der Waals surface area contributed by atoms with Crippen molar-refractivity contribution in [1.29, 1.82) is 0 Å². The lowest BCUT2D eigenvalue weighted by molar-refractivity contribution is -0.204. The number of aromatic nitrogens is 2. The van der Waals surface area contributed by atoms with Crippen molar-refractivity contribution in [2.45, 2.75) is 42.3 Å². The third-order valence-corrected chi connectivity index (χ3v) is 11.1. The molecule has 212 valence electrons. The van der Waals surface area contributed by atoms with Gasteiger partial charge in [0.05, 0.1) is 16.9 Å². The van der Waals surface area contributed by atoms with Gasteiger partial charge in [0, 0.05) is 42.6 Å².